The fourth-order valence-electron chi connectivity index (χ4n) is 0.732. The molecule has 1 N–H and O–H groups in total. The Morgan fingerprint density at radius 2 is 2.21 bits per heavy atom. The number of nitrogens with zero attached hydrogens (tertiary/aromatic N) is 1. The number of pyridine rings is 1. The Bertz CT molecular complexity index is 439. The maximum Gasteiger partial charge on any atom is 0.281 e. The van der Waals surface area contributed by atoms with Gasteiger partial charge in [-0.2, -0.15) is 8.42 Å². The van der Waals surface area contributed by atoms with Gasteiger partial charge < -0.3 is 0 Å². The number of nitrogens with one attached hydrogen (secondary N) is 1. The van der Waals surface area contributed by atoms with Crippen LogP contribution in [0.4, 0.5) is 0 Å². The van der Waals surface area contributed by atoms with Crippen LogP contribution >= 0.6 is 0 Å². The van der Waals surface area contributed by atoms with Crippen molar-refractivity contribution >= 4 is 15.9 Å². The number of carbonyl (C=O) groups is 1. The van der Waals surface area contributed by atoms with Gasteiger partial charge in [-0.25, -0.2) is 9.71 Å². The number of aromatic nitrogens is 1. The van der Waals surface area contributed by atoms with Crippen molar-refractivity contribution in [1.82, 2.24) is 9.71 Å². The van der Waals surface area contributed by atoms with Crippen LogP contribution in [-0.4, -0.2) is 19.3 Å². The second-order valence-corrected chi connectivity index (χ2v) is 3.97. The molecule has 74 valence electrons. The molecule has 1 aromatic heterocycles. The van der Waals surface area contributed by atoms with Crippen molar-refractivity contribution in [1.29, 1.82) is 0 Å². The van der Waals surface area contributed by atoms with E-state index in [9.17, 15) is 13.2 Å². The summed E-state index contributed by atoms with van der Waals surface area (Å²) in [6, 6.07) is 4.38. The van der Waals surface area contributed by atoms with Gasteiger partial charge in [0.15, 0.2) is 5.03 Å². The van der Waals surface area contributed by atoms with E-state index in [1.165, 1.54) is 18.3 Å². The van der Waals surface area contributed by atoms with Gasteiger partial charge in [0.05, 0.1) is 0 Å². The first-order valence-electron chi connectivity index (χ1n) is 3.66. The monoisotopic (exact) mass is 212 g/mol. The smallest absolute Gasteiger partial charge is 0.269 e. The van der Waals surface area contributed by atoms with Gasteiger partial charge in [-0.05, 0) is 18.2 Å². The summed E-state index contributed by atoms with van der Waals surface area (Å²) < 4.78 is 24.5. The fourth-order valence-corrected chi connectivity index (χ4v) is 1.64. The van der Waals surface area contributed by atoms with E-state index in [4.69, 9.17) is 0 Å². The molecule has 14 heavy (non-hydrogen) atoms. The van der Waals surface area contributed by atoms with Crippen LogP contribution in [0.2, 0.25) is 0 Å². The van der Waals surface area contributed by atoms with Crippen LogP contribution in [0.1, 0.15) is 0 Å². The van der Waals surface area contributed by atoms with Crippen molar-refractivity contribution in [3.63, 3.8) is 0 Å². The van der Waals surface area contributed by atoms with E-state index in [-0.39, 0.29) is 5.03 Å². The molecule has 0 radical (unpaired) electrons. The van der Waals surface area contributed by atoms with Crippen LogP contribution in [0.3, 0.4) is 0 Å². The van der Waals surface area contributed by atoms with Crippen molar-refractivity contribution in [2.24, 2.45) is 0 Å². The lowest BCUT2D eigenvalue weighted by molar-refractivity contribution is -0.114. The molecule has 0 aromatic carbocycles. The standard InChI is InChI=1S/C8H8N2O3S/c1-2-7(11)10-14(12,13)8-5-3-4-6-9-8/h2-6H,1H2,(H,10,11). The Kier molecular flexibility index (Phi) is 2.98. The number of hydrogen-bond acceptors (Lipinski definition) is 4. The van der Waals surface area contributed by atoms with Gasteiger partial charge in [-0.3, -0.25) is 4.79 Å². The molecule has 0 aliphatic rings. The Balaban J connectivity index is 2.98. The third kappa shape index (κ3) is 2.40. The molecule has 0 aliphatic carbocycles. The minimum Gasteiger partial charge on any atom is -0.269 e. The van der Waals surface area contributed by atoms with Crippen LogP contribution in [-0.2, 0) is 14.8 Å². The first-order valence-corrected chi connectivity index (χ1v) is 5.15. The average molecular weight is 212 g/mol. The van der Waals surface area contributed by atoms with Gasteiger partial charge >= 0.3 is 0 Å². The number of sulfonamides is 1. The molecule has 6 heteroatoms. The topological polar surface area (TPSA) is 76.1 Å². The van der Waals surface area contributed by atoms with Crippen molar-refractivity contribution in [3.05, 3.63) is 37.1 Å². The highest BCUT2D eigenvalue weighted by atomic mass is 32.2. The van der Waals surface area contributed by atoms with Crippen molar-refractivity contribution < 1.29 is 13.2 Å². The highest BCUT2D eigenvalue weighted by Crippen LogP contribution is 2.02. The van der Waals surface area contributed by atoms with E-state index in [1.54, 1.807) is 10.8 Å². The molecule has 0 saturated heterocycles. The zero-order chi connectivity index (χ0) is 10.6. The summed E-state index contributed by atoms with van der Waals surface area (Å²) in [5.74, 6) is -0.782. The third-order valence-electron chi connectivity index (χ3n) is 1.33. The van der Waals surface area contributed by atoms with Gasteiger partial charge in [0.25, 0.3) is 15.9 Å². The molecule has 1 rings (SSSR count). The summed E-state index contributed by atoms with van der Waals surface area (Å²) in [4.78, 5) is 14.4. The number of rotatable bonds is 3. The summed E-state index contributed by atoms with van der Waals surface area (Å²) in [5.41, 5.74) is 0. The van der Waals surface area contributed by atoms with Crippen molar-refractivity contribution in [2.75, 3.05) is 0 Å². The molecule has 1 aromatic rings. The highest BCUT2D eigenvalue weighted by Gasteiger charge is 2.16. The second-order valence-electron chi connectivity index (χ2n) is 2.34. The zero-order valence-electron chi connectivity index (χ0n) is 7.17. The zero-order valence-corrected chi connectivity index (χ0v) is 7.99. The molecule has 0 spiro atoms. The Morgan fingerprint density at radius 1 is 1.50 bits per heavy atom. The van der Waals surface area contributed by atoms with Crippen LogP contribution in [0.15, 0.2) is 42.1 Å². The summed E-state index contributed by atoms with van der Waals surface area (Å²) in [5, 5.41) is -0.199. The summed E-state index contributed by atoms with van der Waals surface area (Å²) in [6.07, 6.45) is 2.20. The Hall–Kier alpha value is -1.69. The van der Waals surface area contributed by atoms with Crippen molar-refractivity contribution in [3.8, 4) is 0 Å². The van der Waals surface area contributed by atoms with E-state index >= 15 is 0 Å². The quantitative estimate of drug-likeness (QED) is 0.719. The number of amides is 1. The predicted octanol–water partition coefficient (Wildman–Crippen LogP) is 0.0725. The second kappa shape index (κ2) is 4.01. The normalized spacial score (nSPS) is 10.6. The van der Waals surface area contributed by atoms with E-state index in [0.29, 0.717) is 0 Å². The Morgan fingerprint density at radius 3 is 2.71 bits per heavy atom. The largest absolute Gasteiger partial charge is 0.281 e. The summed E-state index contributed by atoms with van der Waals surface area (Å²) in [6.45, 7) is 3.14. The molecular formula is C8H8N2O3S. The van der Waals surface area contributed by atoms with E-state index in [2.05, 4.69) is 11.6 Å². The maximum atomic E-state index is 11.4. The summed E-state index contributed by atoms with van der Waals surface area (Å²) in [7, 11) is -3.85. The van der Waals surface area contributed by atoms with E-state index < -0.39 is 15.9 Å². The average Bonchev–Trinajstić information content (AvgIpc) is 2.18. The minimum atomic E-state index is -3.85. The maximum absolute atomic E-state index is 11.4. The van der Waals surface area contributed by atoms with Crippen LogP contribution < -0.4 is 4.72 Å². The van der Waals surface area contributed by atoms with Gasteiger partial charge in [-0.1, -0.05) is 12.6 Å². The predicted molar refractivity (Wildman–Crippen MR) is 49.8 cm³/mol. The van der Waals surface area contributed by atoms with E-state index in [0.717, 1.165) is 6.08 Å². The molecule has 0 unspecified atom stereocenters. The van der Waals surface area contributed by atoms with Gasteiger partial charge in [0, 0.05) is 6.20 Å². The molecule has 0 saturated carbocycles. The van der Waals surface area contributed by atoms with Gasteiger partial charge in [0.2, 0.25) is 0 Å². The Labute approximate surface area is 81.5 Å². The molecule has 0 aliphatic heterocycles. The van der Waals surface area contributed by atoms with Crippen LogP contribution in [0.25, 0.3) is 0 Å². The molecule has 1 amide bonds. The lowest BCUT2D eigenvalue weighted by atomic mass is 10.5. The molecular weight excluding hydrogens is 204 g/mol. The van der Waals surface area contributed by atoms with Crippen LogP contribution in [0.5, 0.6) is 0 Å². The first-order chi connectivity index (χ1) is 6.56. The molecule has 0 atom stereocenters. The number of carbonyl (C=O) groups excluding carboxylic acids is 1. The SMILES string of the molecule is C=CC(=O)NS(=O)(=O)c1ccccn1. The highest BCUT2D eigenvalue weighted by molar-refractivity contribution is 7.90. The molecule has 5 nitrogen and oxygen atoms in total. The molecule has 0 fully saturated rings. The molecule has 0 bridgehead atoms. The molecule has 1 heterocycles. The van der Waals surface area contributed by atoms with Crippen molar-refractivity contribution in [2.45, 2.75) is 5.03 Å². The fraction of sp³-hybridized carbons (Fsp3) is 0. The lowest BCUT2D eigenvalue weighted by Gasteiger charge is -2.02. The van der Waals surface area contributed by atoms with Gasteiger partial charge in [-0.15, -0.1) is 0 Å². The third-order valence-corrected chi connectivity index (χ3v) is 2.60. The van der Waals surface area contributed by atoms with Crippen LogP contribution in [0, 0.1) is 0 Å². The summed E-state index contributed by atoms with van der Waals surface area (Å²) >= 11 is 0. The van der Waals surface area contributed by atoms with Gasteiger partial charge in [0.1, 0.15) is 0 Å². The number of hydrogen-bond donors (Lipinski definition) is 1. The minimum absolute atomic E-state index is 0.199. The lowest BCUT2D eigenvalue weighted by Crippen LogP contribution is -2.29. The van der Waals surface area contributed by atoms with E-state index in [1.807, 2.05) is 0 Å². The first kappa shape index (κ1) is 10.4.